The monoisotopic (exact) mass is 236 g/mol. The predicted molar refractivity (Wildman–Crippen MR) is 63.6 cm³/mol. The second kappa shape index (κ2) is 6.65. The van der Waals surface area contributed by atoms with E-state index in [-0.39, 0.29) is 19.1 Å². The number of nitrogens with zero attached hydrogens (tertiary/aromatic N) is 1. The van der Waals surface area contributed by atoms with Gasteiger partial charge in [-0.2, -0.15) is 0 Å². The highest BCUT2D eigenvalue weighted by Gasteiger charge is 2.07. The first-order valence-electron chi connectivity index (χ1n) is 5.25. The van der Waals surface area contributed by atoms with Crippen LogP contribution < -0.4 is 10.1 Å². The van der Waals surface area contributed by atoms with Crippen LogP contribution in [0, 0.1) is 6.92 Å². The molecule has 0 saturated heterocycles. The first kappa shape index (κ1) is 13.2. The van der Waals surface area contributed by atoms with Crippen molar-refractivity contribution in [3.05, 3.63) is 36.2 Å². The van der Waals surface area contributed by atoms with Crippen LogP contribution in [0.5, 0.6) is 5.75 Å². The summed E-state index contributed by atoms with van der Waals surface area (Å²) in [5.74, 6) is 0.182. The van der Waals surface area contributed by atoms with Crippen molar-refractivity contribution in [2.24, 2.45) is 0 Å². The SMILES string of the molecule is C=CCNC(=O)COc1ccc(C)nc1CO. The number of rotatable bonds is 6. The quantitative estimate of drug-likeness (QED) is 0.708. The number of pyridine rings is 1. The number of carbonyl (C=O) groups excluding carboxylic acids is 1. The van der Waals surface area contributed by atoms with E-state index in [1.165, 1.54) is 0 Å². The predicted octanol–water partition coefficient (Wildman–Crippen LogP) is 0.563. The summed E-state index contributed by atoms with van der Waals surface area (Å²) in [6, 6.07) is 3.45. The van der Waals surface area contributed by atoms with Crippen LogP contribution in [0.15, 0.2) is 24.8 Å². The molecule has 5 heteroatoms. The molecular formula is C12H16N2O3. The molecule has 0 unspecified atom stereocenters. The Morgan fingerprint density at radius 2 is 2.41 bits per heavy atom. The van der Waals surface area contributed by atoms with Crippen molar-refractivity contribution < 1.29 is 14.6 Å². The lowest BCUT2D eigenvalue weighted by Gasteiger charge is -2.09. The molecule has 1 rings (SSSR count). The number of nitrogens with one attached hydrogen (secondary N) is 1. The van der Waals surface area contributed by atoms with Crippen LogP contribution in [-0.2, 0) is 11.4 Å². The maximum Gasteiger partial charge on any atom is 0.258 e. The van der Waals surface area contributed by atoms with Gasteiger partial charge in [0.25, 0.3) is 5.91 Å². The Hall–Kier alpha value is -1.88. The summed E-state index contributed by atoms with van der Waals surface area (Å²) in [5.41, 5.74) is 1.22. The average molecular weight is 236 g/mol. The molecule has 0 spiro atoms. The molecule has 0 aromatic carbocycles. The zero-order chi connectivity index (χ0) is 12.7. The fraction of sp³-hybridized carbons (Fsp3) is 0.333. The highest BCUT2D eigenvalue weighted by molar-refractivity contribution is 5.77. The van der Waals surface area contributed by atoms with Gasteiger partial charge in [-0.3, -0.25) is 9.78 Å². The first-order valence-corrected chi connectivity index (χ1v) is 5.25. The second-order valence-corrected chi connectivity index (χ2v) is 3.44. The van der Waals surface area contributed by atoms with E-state index >= 15 is 0 Å². The largest absolute Gasteiger partial charge is 0.482 e. The summed E-state index contributed by atoms with van der Waals surface area (Å²) in [7, 11) is 0. The number of aryl methyl sites for hydroxylation is 1. The molecule has 0 aliphatic rings. The van der Waals surface area contributed by atoms with Crippen molar-refractivity contribution in [3.63, 3.8) is 0 Å². The van der Waals surface area contributed by atoms with Crippen LogP contribution >= 0.6 is 0 Å². The number of amides is 1. The van der Waals surface area contributed by atoms with E-state index < -0.39 is 0 Å². The lowest BCUT2D eigenvalue weighted by atomic mass is 10.3. The van der Waals surface area contributed by atoms with Crippen molar-refractivity contribution in [1.29, 1.82) is 0 Å². The molecule has 0 atom stereocenters. The van der Waals surface area contributed by atoms with Gasteiger partial charge in [0.05, 0.1) is 6.61 Å². The van der Waals surface area contributed by atoms with E-state index in [0.29, 0.717) is 18.0 Å². The number of hydrogen-bond acceptors (Lipinski definition) is 4. The summed E-state index contributed by atoms with van der Waals surface area (Å²) in [6.45, 7) is 5.39. The van der Waals surface area contributed by atoms with Crippen LogP contribution in [0.2, 0.25) is 0 Å². The van der Waals surface area contributed by atoms with Crippen molar-refractivity contribution in [2.75, 3.05) is 13.2 Å². The van der Waals surface area contributed by atoms with E-state index in [1.807, 2.05) is 6.92 Å². The van der Waals surface area contributed by atoms with Crippen molar-refractivity contribution in [2.45, 2.75) is 13.5 Å². The zero-order valence-corrected chi connectivity index (χ0v) is 9.77. The highest BCUT2D eigenvalue weighted by Crippen LogP contribution is 2.16. The number of hydrogen-bond donors (Lipinski definition) is 2. The topological polar surface area (TPSA) is 71.5 Å². The van der Waals surface area contributed by atoms with Crippen molar-refractivity contribution >= 4 is 5.91 Å². The normalized spacial score (nSPS) is 9.76. The number of aliphatic hydroxyl groups is 1. The molecule has 5 nitrogen and oxygen atoms in total. The number of ether oxygens (including phenoxy) is 1. The van der Waals surface area contributed by atoms with Gasteiger partial charge in [-0.1, -0.05) is 6.08 Å². The van der Waals surface area contributed by atoms with Gasteiger partial charge in [-0.05, 0) is 19.1 Å². The fourth-order valence-corrected chi connectivity index (χ4v) is 1.22. The highest BCUT2D eigenvalue weighted by atomic mass is 16.5. The summed E-state index contributed by atoms with van der Waals surface area (Å²) >= 11 is 0. The van der Waals surface area contributed by atoms with Gasteiger partial charge < -0.3 is 15.2 Å². The lowest BCUT2D eigenvalue weighted by Crippen LogP contribution is -2.29. The Bertz CT molecular complexity index is 405. The first-order chi connectivity index (χ1) is 8.17. The Kier molecular flexibility index (Phi) is 5.16. The molecule has 1 aromatic rings. The van der Waals surface area contributed by atoms with Gasteiger partial charge in [0, 0.05) is 12.2 Å². The van der Waals surface area contributed by atoms with E-state index in [0.717, 1.165) is 5.69 Å². The molecule has 0 bridgehead atoms. The smallest absolute Gasteiger partial charge is 0.258 e. The third-order valence-corrected chi connectivity index (χ3v) is 2.02. The molecular weight excluding hydrogens is 220 g/mol. The molecule has 1 aromatic heterocycles. The lowest BCUT2D eigenvalue weighted by molar-refractivity contribution is -0.122. The van der Waals surface area contributed by atoms with Crippen LogP contribution in [-0.4, -0.2) is 29.1 Å². The van der Waals surface area contributed by atoms with Gasteiger partial charge >= 0.3 is 0 Å². The number of carbonyl (C=O) groups is 1. The Balaban J connectivity index is 2.56. The maximum absolute atomic E-state index is 11.3. The van der Waals surface area contributed by atoms with Crippen LogP contribution in [0.4, 0.5) is 0 Å². The molecule has 0 fully saturated rings. The van der Waals surface area contributed by atoms with E-state index in [2.05, 4.69) is 16.9 Å². The number of aliphatic hydroxyl groups excluding tert-OH is 1. The molecule has 2 N–H and O–H groups in total. The molecule has 0 aliphatic carbocycles. The third-order valence-electron chi connectivity index (χ3n) is 2.02. The molecule has 92 valence electrons. The van der Waals surface area contributed by atoms with Crippen molar-refractivity contribution in [1.82, 2.24) is 10.3 Å². The molecule has 0 aliphatic heterocycles. The average Bonchev–Trinajstić information content (AvgIpc) is 2.34. The Morgan fingerprint density at radius 3 is 3.06 bits per heavy atom. The van der Waals surface area contributed by atoms with Gasteiger partial charge in [0.2, 0.25) is 0 Å². The minimum absolute atomic E-state index is 0.106. The summed E-state index contributed by atoms with van der Waals surface area (Å²) in [6.07, 6.45) is 1.59. The molecule has 0 radical (unpaired) electrons. The summed E-state index contributed by atoms with van der Waals surface area (Å²) in [4.78, 5) is 15.4. The van der Waals surface area contributed by atoms with E-state index in [9.17, 15) is 4.79 Å². The third kappa shape index (κ3) is 4.24. The summed E-state index contributed by atoms with van der Waals surface area (Å²) < 4.78 is 5.27. The molecule has 1 heterocycles. The van der Waals surface area contributed by atoms with Crippen molar-refractivity contribution in [3.8, 4) is 5.75 Å². The van der Waals surface area contributed by atoms with Gasteiger partial charge in [-0.15, -0.1) is 6.58 Å². The molecule has 1 amide bonds. The van der Waals surface area contributed by atoms with Gasteiger partial charge in [0.15, 0.2) is 6.61 Å². The van der Waals surface area contributed by atoms with E-state index in [1.54, 1.807) is 18.2 Å². The van der Waals surface area contributed by atoms with Crippen LogP contribution in [0.1, 0.15) is 11.4 Å². The van der Waals surface area contributed by atoms with Gasteiger partial charge in [-0.25, -0.2) is 0 Å². The van der Waals surface area contributed by atoms with Gasteiger partial charge in [0.1, 0.15) is 11.4 Å². The standard InChI is InChI=1S/C12H16N2O3/c1-3-6-13-12(16)8-17-11-5-4-9(2)14-10(11)7-15/h3-5,15H,1,6-8H2,2H3,(H,13,16). The molecule has 0 saturated carbocycles. The Labute approximate surface area is 100 Å². The minimum atomic E-state index is -0.241. The van der Waals surface area contributed by atoms with E-state index in [4.69, 9.17) is 9.84 Å². The maximum atomic E-state index is 11.3. The Morgan fingerprint density at radius 1 is 1.65 bits per heavy atom. The minimum Gasteiger partial charge on any atom is -0.482 e. The summed E-state index contributed by atoms with van der Waals surface area (Å²) in [5, 5.41) is 11.7. The van der Waals surface area contributed by atoms with Crippen LogP contribution in [0.3, 0.4) is 0 Å². The second-order valence-electron chi connectivity index (χ2n) is 3.44. The zero-order valence-electron chi connectivity index (χ0n) is 9.77. The number of aromatic nitrogens is 1. The molecule has 17 heavy (non-hydrogen) atoms. The van der Waals surface area contributed by atoms with Crippen LogP contribution in [0.25, 0.3) is 0 Å². The fourth-order valence-electron chi connectivity index (χ4n) is 1.22.